The molecule has 2 aromatic rings. The monoisotopic (exact) mass is 438 g/mol. The van der Waals surface area contributed by atoms with E-state index in [1.54, 1.807) is 0 Å². The van der Waals surface area contributed by atoms with Crippen LogP contribution in [-0.2, 0) is 15.8 Å². The van der Waals surface area contributed by atoms with Crippen LogP contribution in [0.2, 0.25) is 0 Å². The summed E-state index contributed by atoms with van der Waals surface area (Å²) < 4.78 is 40.7. The molecule has 11 heteroatoms. The van der Waals surface area contributed by atoms with E-state index in [0.717, 1.165) is 12.1 Å². The van der Waals surface area contributed by atoms with Gasteiger partial charge in [0.2, 0.25) is 11.8 Å². The van der Waals surface area contributed by atoms with E-state index in [2.05, 4.69) is 20.7 Å². The number of hydrogen-bond donors (Lipinski definition) is 2. The van der Waals surface area contributed by atoms with Gasteiger partial charge in [0.25, 0.3) is 0 Å². The minimum Gasteiger partial charge on any atom is -0.354 e. The zero-order chi connectivity index (χ0) is 22.6. The molecule has 0 unspecified atom stereocenters. The number of carbonyl (C=O) groups is 2. The smallest absolute Gasteiger partial charge is 0.354 e. The third kappa shape index (κ3) is 6.03. The molecule has 0 spiro atoms. The van der Waals surface area contributed by atoms with Gasteiger partial charge in [0, 0.05) is 12.0 Å². The van der Waals surface area contributed by atoms with Crippen LogP contribution in [0.25, 0.3) is 5.69 Å². The molecule has 1 fully saturated rings. The first-order chi connectivity index (χ1) is 14.6. The molecule has 2 amide bonds. The maximum atomic E-state index is 13.1. The molecule has 1 aliphatic heterocycles. The van der Waals surface area contributed by atoms with Gasteiger partial charge in [-0.05, 0) is 58.0 Å². The molecule has 1 aromatic carbocycles. The van der Waals surface area contributed by atoms with Gasteiger partial charge in [-0.15, -0.1) is 0 Å². The molecule has 0 bridgehead atoms. The van der Waals surface area contributed by atoms with Crippen molar-refractivity contribution in [1.82, 2.24) is 25.0 Å². The van der Waals surface area contributed by atoms with E-state index in [9.17, 15) is 22.8 Å². The summed E-state index contributed by atoms with van der Waals surface area (Å²) >= 11 is 0. The van der Waals surface area contributed by atoms with Crippen LogP contribution in [0.5, 0.6) is 0 Å². The largest absolute Gasteiger partial charge is 0.416 e. The Hall–Kier alpha value is -2.95. The number of benzene rings is 1. The molecule has 0 atom stereocenters. The molecule has 168 valence electrons. The predicted octanol–water partition coefficient (Wildman–Crippen LogP) is 2.46. The Labute approximate surface area is 177 Å². The second kappa shape index (κ2) is 9.46. The van der Waals surface area contributed by atoms with E-state index >= 15 is 0 Å². The van der Waals surface area contributed by atoms with E-state index in [4.69, 9.17) is 0 Å². The van der Waals surface area contributed by atoms with Crippen LogP contribution in [0.3, 0.4) is 0 Å². The van der Waals surface area contributed by atoms with Gasteiger partial charge in [0.05, 0.1) is 23.5 Å². The zero-order valence-electron chi connectivity index (χ0n) is 17.3. The second-order valence-corrected chi connectivity index (χ2v) is 7.83. The molecule has 3 rings (SSSR count). The Morgan fingerprint density at radius 1 is 1.23 bits per heavy atom. The first-order valence-electron chi connectivity index (χ1n) is 10.0. The molecule has 2 N–H and O–H groups in total. The van der Waals surface area contributed by atoms with Crippen LogP contribution in [-0.4, -0.2) is 57.2 Å². The van der Waals surface area contributed by atoms with Gasteiger partial charge in [0.15, 0.2) is 0 Å². The van der Waals surface area contributed by atoms with Crippen molar-refractivity contribution in [3.63, 3.8) is 0 Å². The minimum absolute atomic E-state index is 0.00322. The summed E-state index contributed by atoms with van der Waals surface area (Å²) in [6.45, 7) is 4.94. The second-order valence-electron chi connectivity index (χ2n) is 7.83. The van der Waals surface area contributed by atoms with Gasteiger partial charge in [-0.25, -0.2) is 9.67 Å². The SMILES string of the molecule is CC(C)NC(=O)C1CCN(CC(=O)Nc2cc(C(F)(F)F)ccc2-n2cncn2)CC1. The molecule has 2 heterocycles. The van der Waals surface area contributed by atoms with Crippen LogP contribution < -0.4 is 10.6 Å². The summed E-state index contributed by atoms with van der Waals surface area (Å²) in [5.74, 6) is -0.518. The number of alkyl halides is 3. The van der Waals surface area contributed by atoms with Gasteiger partial charge in [-0.3, -0.25) is 14.5 Å². The lowest BCUT2D eigenvalue weighted by molar-refractivity contribution is -0.137. The molecule has 0 radical (unpaired) electrons. The summed E-state index contributed by atoms with van der Waals surface area (Å²) in [6, 6.07) is 3.13. The highest BCUT2D eigenvalue weighted by Gasteiger charge is 2.32. The average molecular weight is 438 g/mol. The number of hydrogen-bond acceptors (Lipinski definition) is 5. The maximum Gasteiger partial charge on any atom is 0.416 e. The van der Waals surface area contributed by atoms with Crippen LogP contribution in [0, 0.1) is 5.92 Å². The summed E-state index contributed by atoms with van der Waals surface area (Å²) in [7, 11) is 0. The van der Waals surface area contributed by atoms with Crippen molar-refractivity contribution in [2.45, 2.75) is 38.9 Å². The van der Waals surface area contributed by atoms with Crippen molar-refractivity contribution in [1.29, 1.82) is 0 Å². The minimum atomic E-state index is -4.54. The van der Waals surface area contributed by atoms with Crippen molar-refractivity contribution in [2.75, 3.05) is 25.0 Å². The first kappa shape index (κ1) is 22.7. The van der Waals surface area contributed by atoms with Gasteiger partial charge in [-0.1, -0.05) is 0 Å². The Morgan fingerprint density at radius 2 is 1.94 bits per heavy atom. The standard InChI is InChI=1S/C20H25F3N6O2/c1-13(2)26-19(31)14-5-7-28(8-6-14)10-18(30)27-16-9-15(20(21,22)23)3-4-17(16)29-12-24-11-25-29/h3-4,9,11-14H,5-8,10H2,1-2H3,(H,26,31)(H,27,30). The lowest BCUT2D eigenvalue weighted by atomic mass is 9.95. The normalized spacial score (nSPS) is 15.8. The number of halogens is 3. The fourth-order valence-corrected chi connectivity index (χ4v) is 3.49. The van der Waals surface area contributed by atoms with Crippen LogP contribution >= 0.6 is 0 Å². The van der Waals surface area contributed by atoms with Gasteiger partial charge < -0.3 is 10.6 Å². The van der Waals surface area contributed by atoms with Gasteiger partial charge >= 0.3 is 6.18 Å². The highest BCUT2D eigenvalue weighted by atomic mass is 19.4. The van der Waals surface area contributed by atoms with E-state index in [1.165, 1.54) is 23.4 Å². The van der Waals surface area contributed by atoms with Gasteiger partial charge in [0.1, 0.15) is 12.7 Å². The number of carbonyl (C=O) groups excluding carboxylic acids is 2. The van der Waals surface area contributed by atoms with Crippen molar-refractivity contribution in [2.24, 2.45) is 5.92 Å². The molecule has 1 aliphatic rings. The lowest BCUT2D eigenvalue weighted by Gasteiger charge is -2.31. The number of anilines is 1. The Morgan fingerprint density at radius 3 is 2.52 bits per heavy atom. The topological polar surface area (TPSA) is 92.2 Å². The maximum absolute atomic E-state index is 13.1. The highest BCUT2D eigenvalue weighted by Crippen LogP contribution is 2.33. The third-order valence-corrected chi connectivity index (χ3v) is 5.02. The van der Waals surface area contributed by atoms with Crippen LogP contribution in [0.15, 0.2) is 30.9 Å². The number of amides is 2. The van der Waals surface area contributed by atoms with E-state index in [-0.39, 0.29) is 35.8 Å². The molecule has 1 saturated heterocycles. The van der Waals surface area contributed by atoms with Crippen LogP contribution in [0.1, 0.15) is 32.3 Å². The molecule has 31 heavy (non-hydrogen) atoms. The number of rotatable bonds is 6. The third-order valence-electron chi connectivity index (χ3n) is 5.02. The molecular formula is C20H25F3N6O2. The Balaban J connectivity index is 1.64. The lowest BCUT2D eigenvalue weighted by Crippen LogP contribution is -2.44. The molecule has 0 saturated carbocycles. The summed E-state index contributed by atoms with van der Waals surface area (Å²) in [5.41, 5.74) is -0.594. The Kier molecular flexibility index (Phi) is 6.94. The van der Waals surface area contributed by atoms with Crippen molar-refractivity contribution >= 4 is 17.5 Å². The predicted molar refractivity (Wildman–Crippen MR) is 107 cm³/mol. The van der Waals surface area contributed by atoms with Crippen molar-refractivity contribution < 1.29 is 22.8 Å². The average Bonchev–Trinajstić information content (AvgIpc) is 3.21. The number of piperidine rings is 1. The Bertz CT molecular complexity index is 906. The van der Waals surface area contributed by atoms with Crippen molar-refractivity contribution in [3.8, 4) is 5.69 Å². The number of nitrogens with one attached hydrogen (secondary N) is 2. The fourth-order valence-electron chi connectivity index (χ4n) is 3.49. The number of nitrogens with zero attached hydrogens (tertiary/aromatic N) is 4. The molecular weight excluding hydrogens is 413 g/mol. The van der Waals surface area contributed by atoms with Crippen LogP contribution in [0.4, 0.5) is 18.9 Å². The first-order valence-corrected chi connectivity index (χ1v) is 10.0. The quantitative estimate of drug-likeness (QED) is 0.723. The number of likely N-dealkylation sites (tertiary alicyclic amines) is 1. The fraction of sp³-hybridized carbons (Fsp3) is 0.500. The van der Waals surface area contributed by atoms with E-state index in [1.807, 2.05) is 18.7 Å². The van der Waals surface area contributed by atoms with Crippen molar-refractivity contribution in [3.05, 3.63) is 36.4 Å². The summed E-state index contributed by atoms with van der Waals surface area (Å²) in [6.07, 6.45) is -0.702. The zero-order valence-corrected chi connectivity index (χ0v) is 17.3. The molecule has 0 aliphatic carbocycles. The number of aromatic nitrogens is 3. The highest BCUT2D eigenvalue weighted by molar-refractivity contribution is 5.94. The summed E-state index contributed by atoms with van der Waals surface area (Å²) in [4.78, 5) is 30.4. The van der Waals surface area contributed by atoms with E-state index < -0.39 is 17.6 Å². The molecule has 1 aromatic heterocycles. The van der Waals surface area contributed by atoms with Gasteiger partial charge in [-0.2, -0.15) is 18.3 Å². The molecule has 8 nitrogen and oxygen atoms in total. The summed E-state index contributed by atoms with van der Waals surface area (Å²) in [5, 5.41) is 9.40. The van der Waals surface area contributed by atoms with E-state index in [0.29, 0.717) is 25.9 Å².